The maximum Gasteiger partial charge on any atom is 0.341 e. The van der Waals surface area contributed by atoms with Crippen molar-refractivity contribution in [2.45, 2.75) is 13.0 Å². The van der Waals surface area contributed by atoms with Crippen LogP contribution in [0.4, 0.5) is 0 Å². The molecule has 1 N–H and O–H groups in total. The fraction of sp³-hybridized carbons (Fsp3) is 0.167. The third-order valence-corrected chi connectivity index (χ3v) is 2.58. The summed E-state index contributed by atoms with van der Waals surface area (Å²) in [6.45, 7) is 1.77. The fourth-order valence-corrected chi connectivity index (χ4v) is 1.64. The molecule has 0 fully saturated rings. The molecular weight excluding hydrogens is 222 g/mol. The highest BCUT2D eigenvalue weighted by molar-refractivity contribution is 5.86. The molecule has 2 rings (SSSR count). The van der Waals surface area contributed by atoms with Gasteiger partial charge in [0.05, 0.1) is 12.3 Å². The lowest BCUT2D eigenvalue weighted by Gasteiger charge is -2.12. The Morgan fingerprint density at radius 3 is 2.76 bits per heavy atom. The van der Waals surface area contributed by atoms with Gasteiger partial charge in [-0.3, -0.25) is 4.79 Å². The molecule has 0 aliphatic rings. The van der Waals surface area contributed by atoms with E-state index in [0.29, 0.717) is 5.76 Å². The average Bonchev–Trinajstić information content (AvgIpc) is 2.81. The summed E-state index contributed by atoms with van der Waals surface area (Å²) in [6.07, 6.45) is 3.06. The first-order valence-electron chi connectivity index (χ1n) is 5.09. The normalized spacial score (nSPS) is 12.3. The molecule has 17 heavy (non-hydrogen) atoms. The van der Waals surface area contributed by atoms with Crippen molar-refractivity contribution in [3.63, 3.8) is 0 Å². The van der Waals surface area contributed by atoms with E-state index in [9.17, 15) is 9.59 Å². The molecule has 5 heteroatoms. The van der Waals surface area contributed by atoms with E-state index >= 15 is 0 Å². The van der Waals surface area contributed by atoms with Gasteiger partial charge in [-0.05, 0) is 31.2 Å². The Bertz CT molecular complexity index is 583. The van der Waals surface area contributed by atoms with Gasteiger partial charge in [0.1, 0.15) is 11.3 Å². The zero-order valence-corrected chi connectivity index (χ0v) is 9.16. The summed E-state index contributed by atoms with van der Waals surface area (Å²) in [4.78, 5) is 22.7. The summed E-state index contributed by atoms with van der Waals surface area (Å²) in [6, 6.07) is 5.94. The number of rotatable bonds is 3. The van der Waals surface area contributed by atoms with Crippen molar-refractivity contribution in [2.75, 3.05) is 0 Å². The van der Waals surface area contributed by atoms with E-state index in [1.165, 1.54) is 23.0 Å². The van der Waals surface area contributed by atoms with E-state index in [1.54, 1.807) is 25.3 Å². The first kappa shape index (κ1) is 11.2. The third-order valence-electron chi connectivity index (χ3n) is 2.58. The van der Waals surface area contributed by atoms with Gasteiger partial charge >= 0.3 is 5.97 Å². The van der Waals surface area contributed by atoms with Crippen LogP contribution in [0, 0.1) is 0 Å². The summed E-state index contributed by atoms with van der Waals surface area (Å²) >= 11 is 0. The van der Waals surface area contributed by atoms with Gasteiger partial charge in [0.15, 0.2) is 0 Å². The van der Waals surface area contributed by atoms with Gasteiger partial charge in [0.25, 0.3) is 5.56 Å². The van der Waals surface area contributed by atoms with Crippen LogP contribution in [-0.2, 0) is 0 Å². The predicted molar refractivity (Wildman–Crippen MR) is 60.2 cm³/mol. The molecule has 2 heterocycles. The molecule has 0 aliphatic carbocycles. The molecule has 2 aromatic rings. The zero-order chi connectivity index (χ0) is 12.4. The molecule has 1 unspecified atom stereocenters. The van der Waals surface area contributed by atoms with Crippen LogP contribution in [0.1, 0.15) is 29.1 Å². The number of carbonyl (C=O) groups is 1. The SMILES string of the molecule is CC(c1ccco1)n1cccc(C(=O)O)c1=O. The zero-order valence-electron chi connectivity index (χ0n) is 9.16. The highest BCUT2D eigenvalue weighted by atomic mass is 16.4. The van der Waals surface area contributed by atoms with Crippen molar-refractivity contribution in [3.05, 3.63) is 58.4 Å². The summed E-state index contributed by atoms with van der Waals surface area (Å²) in [5, 5.41) is 8.87. The van der Waals surface area contributed by atoms with Gasteiger partial charge in [-0.2, -0.15) is 0 Å². The molecule has 0 aliphatic heterocycles. The molecule has 2 aromatic heterocycles. The minimum Gasteiger partial charge on any atom is -0.477 e. The van der Waals surface area contributed by atoms with E-state index in [2.05, 4.69) is 0 Å². The van der Waals surface area contributed by atoms with Crippen LogP contribution in [0.2, 0.25) is 0 Å². The molecule has 0 spiro atoms. The fourth-order valence-electron chi connectivity index (χ4n) is 1.64. The van der Waals surface area contributed by atoms with E-state index < -0.39 is 11.5 Å². The maximum atomic E-state index is 11.9. The maximum absolute atomic E-state index is 11.9. The standard InChI is InChI=1S/C12H11NO4/c1-8(10-5-3-7-17-10)13-6-2-4-9(11(13)14)12(15)16/h2-8H,1H3,(H,15,16). The highest BCUT2D eigenvalue weighted by Gasteiger charge is 2.16. The number of hydrogen-bond donors (Lipinski definition) is 1. The quantitative estimate of drug-likeness (QED) is 0.876. The van der Waals surface area contributed by atoms with Crippen molar-refractivity contribution < 1.29 is 14.3 Å². The number of carboxylic acid groups (broad SMARTS) is 1. The molecule has 0 aromatic carbocycles. The molecular formula is C12H11NO4. The van der Waals surface area contributed by atoms with Crippen LogP contribution < -0.4 is 5.56 Å². The summed E-state index contributed by atoms with van der Waals surface area (Å²) < 4.78 is 6.53. The van der Waals surface area contributed by atoms with Crippen molar-refractivity contribution in [2.24, 2.45) is 0 Å². The molecule has 0 saturated carbocycles. The monoisotopic (exact) mass is 233 g/mol. The second-order valence-electron chi connectivity index (χ2n) is 3.63. The van der Waals surface area contributed by atoms with Crippen LogP contribution in [0.3, 0.4) is 0 Å². The van der Waals surface area contributed by atoms with Crippen molar-refractivity contribution in [1.29, 1.82) is 0 Å². The van der Waals surface area contributed by atoms with E-state index in [4.69, 9.17) is 9.52 Å². The van der Waals surface area contributed by atoms with Gasteiger partial charge in [-0.15, -0.1) is 0 Å². The van der Waals surface area contributed by atoms with E-state index in [0.717, 1.165) is 0 Å². The van der Waals surface area contributed by atoms with Crippen LogP contribution in [0.5, 0.6) is 0 Å². The Labute approximate surface area is 96.9 Å². The number of carboxylic acids is 1. The second-order valence-corrected chi connectivity index (χ2v) is 3.63. The Kier molecular flexibility index (Phi) is 2.82. The predicted octanol–water partition coefficient (Wildman–Crippen LogP) is 1.75. The van der Waals surface area contributed by atoms with E-state index in [-0.39, 0.29) is 11.6 Å². The molecule has 0 amide bonds. The van der Waals surface area contributed by atoms with Gasteiger partial charge in [0.2, 0.25) is 0 Å². The molecule has 0 bridgehead atoms. The Morgan fingerprint density at radius 2 is 2.18 bits per heavy atom. The van der Waals surface area contributed by atoms with Crippen molar-refractivity contribution >= 4 is 5.97 Å². The summed E-state index contributed by atoms with van der Waals surface area (Å²) in [5.41, 5.74) is -0.783. The largest absolute Gasteiger partial charge is 0.477 e. The minimum absolute atomic E-state index is 0.245. The van der Waals surface area contributed by atoms with Gasteiger partial charge in [-0.1, -0.05) is 0 Å². The Morgan fingerprint density at radius 1 is 1.41 bits per heavy atom. The number of nitrogens with zero attached hydrogens (tertiary/aromatic N) is 1. The van der Waals surface area contributed by atoms with Gasteiger partial charge in [-0.25, -0.2) is 4.79 Å². The highest BCUT2D eigenvalue weighted by Crippen LogP contribution is 2.16. The van der Waals surface area contributed by atoms with Crippen molar-refractivity contribution in [3.8, 4) is 0 Å². The molecule has 5 nitrogen and oxygen atoms in total. The molecule has 0 radical (unpaired) electrons. The lowest BCUT2D eigenvalue weighted by Crippen LogP contribution is -2.28. The first-order valence-corrected chi connectivity index (χ1v) is 5.09. The third kappa shape index (κ3) is 1.99. The lowest BCUT2D eigenvalue weighted by molar-refractivity contribution is 0.0694. The summed E-state index contributed by atoms with van der Waals surface area (Å²) in [5.74, 6) is -0.620. The van der Waals surface area contributed by atoms with Crippen LogP contribution >= 0.6 is 0 Å². The summed E-state index contributed by atoms with van der Waals surface area (Å²) in [7, 11) is 0. The van der Waals surface area contributed by atoms with Crippen LogP contribution in [-0.4, -0.2) is 15.6 Å². The number of hydrogen-bond acceptors (Lipinski definition) is 3. The van der Waals surface area contributed by atoms with Crippen LogP contribution in [0.25, 0.3) is 0 Å². The topological polar surface area (TPSA) is 72.4 Å². The number of pyridine rings is 1. The number of furan rings is 1. The number of aromatic carboxylic acids is 1. The van der Waals surface area contributed by atoms with E-state index in [1.807, 2.05) is 0 Å². The van der Waals surface area contributed by atoms with Crippen molar-refractivity contribution in [1.82, 2.24) is 4.57 Å². The molecule has 1 atom stereocenters. The Balaban J connectivity index is 2.50. The molecule has 88 valence electrons. The van der Waals surface area contributed by atoms with Gasteiger partial charge < -0.3 is 14.1 Å². The average molecular weight is 233 g/mol. The minimum atomic E-state index is -1.23. The second kappa shape index (κ2) is 4.29. The van der Waals surface area contributed by atoms with Crippen LogP contribution in [0.15, 0.2) is 45.9 Å². The smallest absolute Gasteiger partial charge is 0.341 e. The van der Waals surface area contributed by atoms with Gasteiger partial charge in [0, 0.05) is 6.20 Å². The lowest BCUT2D eigenvalue weighted by atomic mass is 10.2. The Hall–Kier alpha value is -2.30. The number of aromatic nitrogens is 1. The molecule has 0 saturated heterocycles. The first-order chi connectivity index (χ1) is 8.11.